The smallest absolute Gasteiger partial charge is 0.238 e. The molecule has 1 heterocycles. The average molecular weight is 391 g/mol. The lowest BCUT2D eigenvalue weighted by Crippen LogP contribution is -2.28. The van der Waals surface area contributed by atoms with Gasteiger partial charge in [0.15, 0.2) is 0 Å². The van der Waals surface area contributed by atoms with Gasteiger partial charge >= 0.3 is 0 Å². The maximum Gasteiger partial charge on any atom is 0.238 e. The Balaban J connectivity index is 1.52. The van der Waals surface area contributed by atoms with Gasteiger partial charge in [0.2, 0.25) is 5.91 Å². The number of thioether (sulfide) groups is 1. The minimum atomic E-state index is -0.0769. The maximum atomic E-state index is 12.6. The maximum absolute atomic E-state index is 12.6. The third-order valence-corrected chi connectivity index (χ3v) is 5.84. The molecule has 142 valence electrons. The van der Waals surface area contributed by atoms with E-state index in [9.17, 15) is 4.79 Å². The van der Waals surface area contributed by atoms with Crippen molar-refractivity contribution in [1.29, 1.82) is 0 Å². The molecule has 1 aliphatic rings. The lowest BCUT2D eigenvalue weighted by Gasteiger charge is -2.26. The van der Waals surface area contributed by atoms with Crippen LogP contribution in [0.1, 0.15) is 16.5 Å². The first-order valence-corrected chi connectivity index (χ1v) is 10.1. The van der Waals surface area contributed by atoms with E-state index >= 15 is 0 Å². The van der Waals surface area contributed by atoms with Gasteiger partial charge in [0.05, 0.1) is 18.6 Å². The highest BCUT2D eigenvalue weighted by Crippen LogP contribution is 2.44. The van der Waals surface area contributed by atoms with Gasteiger partial charge in [0, 0.05) is 0 Å². The highest BCUT2D eigenvalue weighted by Gasteiger charge is 2.35. The van der Waals surface area contributed by atoms with E-state index in [0.29, 0.717) is 18.1 Å². The molecule has 4 nitrogen and oxygen atoms in total. The molecule has 3 aromatic rings. The van der Waals surface area contributed by atoms with E-state index in [1.807, 2.05) is 83.8 Å². The van der Waals surface area contributed by atoms with Crippen molar-refractivity contribution in [1.82, 2.24) is 0 Å². The summed E-state index contributed by atoms with van der Waals surface area (Å²) in [4.78, 5) is 14.4. The third kappa shape index (κ3) is 3.85. The Morgan fingerprint density at radius 2 is 1.68 bits per heavy atom. The summed E-state index contributed by atoms with van der Waals surface area (Å²) in [7, 11) is 1.63. The van der Waals surface area contributed by atoms with Gasteiger partial charge in [-0.25, -0.2) is 0 Å². The fourth-order valence-electron chi connectivity index (χ4n) is 3.23. The van der Waals surface area contributed by atoms with Gasteiger partial charge in [-0.05, 0) is 35.4 Å². The number of anilines is 1. The number of hydrogen-bond acceptors (Lipinski definition) is 4. The number of hydrogen-bond donors (Lipinski definition) is 0. The van der Waals surface area contributed by atoms with Crippen molar-refractivity contribution in [3.8, 4) is 11.5 Å². The van der Waals surface area contributed by atoms with E-state index in [4.69, 9.17) is 9.47 Å². The molecule has 0 radical (unpaired) electrons. The lowest BCUT2D eigenvalue weighted by molar-refractivity contribution is -0.115. The number of benzene rings is 3. The average Bonchev–Trinajstić information content (AvgIpc) is 3.14. The Labute approximate surface area is 169 Å². The molecular formula is C23H21NO3S. The van der Waals surface area contributed by atoms with Crippen molar-refractivity contribution in [2.24, 2.45) is 0 Å². The van der Waals surface area contributed by atoms with Gasteiger partial charge in [0.1, 0.15) is 23.5 Å². The molecule has 0 saturated carbocycles. The van der Waals surface area contributed by atoms with Crippen molar-refractivity contribution in [2.45, 2.75) is 12.0 Å². The van der Waals surface area contributed by atoms with Crippen LogP contribution in [0.4, 0.5) is 5.69 Å². The highest BCUT2D eigenvalue weighted by atomic mass is 32.2. The standard InChI is InChI=1S/C23H21NO3S/c1-26-21-10-6-5-9-20(21)24-22(25)16-28-23(24)18-11-13-19(14-12-18)27-15-17-7-3-2-4-8-17/h2-14,23H,15-16H2,1H3/t23-/m1/s1. The zero-order valence-corrected chi connectivity index (χ0v) is 16.4. The van der Waals surface area contributed by atoms with Crippen LogP contribution in [0.15, 0.2) is 78.9 Å². The summed E-state index contributed by atoms with van der Waals surface area (Å²) in [6, 6.07) is 25.7. The SMILES string of the molecule is COc1ccccc1N1C(=O)CS[C@@H]1c1ccc(OCc2ccccc2)cc1. The molecule has 5 heteroatoms. The normalized spacial score (nSPS) is 16.2. The monoisotopic (exact) mass is 391 g/mol. The summed E-state index contributed by atoms with van der Waals surface area (Å²) >= 11 is 1.62. The Bertz CT molecular complexity index is 944. The van der Waals surface area contributed by atoms with Crippen LogP contribution in [-0.2, 0) is 11.4 Å². The third-order valence-electron chi connectivity index (χ3n) is 4.63. The molecule has 1 aliphatic heterocycles. The predicted molar refractivity (Wildman–Crippen MR) is 113 cm³/mol. The Morgan fingerprint density at radius 1 is 0.964 bits per heavy atom. The molecule has 0 N–H and O–H groups in total. The van der Waals surface area contributed by atoms with Crippen LogP contribution < -0.4 is 14.4 Å². The minimum absolute atomic E-state index is 0.0769. The lowest BCUT2D eigenvalue weighted by atomic mass is 10.1. The summed E-state index contributed by atoms with van der Waals surface area (Å²) in [5.41, 5.74) is 2.99. The van der Waals surface area contributed by atoms with Crippen LogP contribution in [0.25, 0.3) is 0 Å². The van der Waals surface area contributed by atoms with Crippen molar-refractivity contribution in [3.63, 3.8) is 0 Å². The van der Waals surface area contributed by atoms with Gasteiger partial charge < -0.3 is 9.47 Å². The summed E-state index contributed by atoms with van der Waals surface area (Å²) in [6.07, 6.45) is 0. The summed E-state index contributed by atoms with van der Waals surface area (Å²) in [5, 5.41) is -0.0769. The second-order valence-electron chi connectivity index (χ2n) is 6.44. The summed E-state index contributed by atoms with van der Waals surface area (Å²) < 4.78 is 11.3. The molecule has 1 fully saturated rings. The first-order chi connectivity index (χ1) is 13.8. The molecule has 1 saturated heterocycles. The van der Waals surface area contributed by atoms with Gasteiger partial charge in [-0.2, -0.15) is 0 Å². The largest absolute Gasteiger partial charge is 0.495 e. The Hall–Kier alpha value is -2.92. The zero-order chi connectivity index (χ0) is 19.3. The van der Waals surface area contributed by atoms with Crippen molar-refractivity contribution in [2.75, 3.05) is 17.8 Å². The second kappa shape index (κ2) is 8.40. The molecule has 0 unspecified atom stereocenters. The predicted octanol–water partition coefficient (Wildman–Crippen LogP) is 5.05. The molecular weight excluding hydrogens is 370 g/mol. The fourth-order valence-corrected chi connectivity index (χ4v) is 4.40. The molecule has 1 atom stereocenters. The Morgan fingerprint density at radius 3 is 2.43 bits per heavy atom. The van der Waals surface area contributed by atoms with Crippen molar-refractivity contribution >= 4 is 23.4 Å². The second-order valence-corrected chi connectivity index (χ2v) is 7.51. The molecule has 0 aliphatic carbocycles. The molecule has 1 amide bonds. The van der Waals surface area contributed by atoms with E-state index in [2.05, 4.69) is 0 Å². The zero-order valence-electron chi connectivity index (χ0n) is 15.6. The number of para-hydroxylation sites is 2. The summed E-state index contributed by atoms with van der Waals surface area (Å²) in [6.45, 7) is 0.532. The fraction of sp³-hybridized carbons (Fsp3) is 0.174. The van der Waals surface area contributed by atoms with Crippen molar-refractivity contribution in [3.05, 3.63) is 90.0 Å². The van der Waals surface area contributed by atoms with Crippen LogP contribution in [0.5, 0.6) is 11.5 Å². The van der Waals surface area contributed by atoms with Gasteiger partial charge in [-0.3, -0.25) is 9.69 Å². The topological polar surface area (TPSA) is 38.8 Å². The number of amides is 1. The molecule has 28 heavy (non-hydrogen) atoms. The molecule has 4 rings (SSSR count). The van der Waals surface area contributed by atoms with Crippen LogP contribution in [0.2, 0.25) is 0 Å². The van der Waals surface area contributed by atoms with Crippen LogP contribution >= 0.6 is 11.8 Å². The number of nitrogens with zero attached hydrogens (tertiary/aromatic N) is 1. The van der Waals surface area contributed by atoms with Gasteiger partial charge in [0.25, 0.3) is 0 Å². The number of carbonyl (C=O) groups is 1. The van der Waals surface area contributed by atoms with Crippen LogP contribution in [0, 0.1) is 0 Å². The van der Waals surface area contributed by atoms with Crippen LogP contribution in [0.3, 0.4) is 0 Å². The van der Waals surface area contributed by atoms with E-state index < -0.39 is 0 Å². The van der Waals surface area contributed by atoms with E-state index in [-0.39, 0.29) is 11.3 Å². The molecule has 0 aromatic heterocycles. The van der Waals surface area contributed by atoms with E-state index in [0.717, 1.165) is 22.6 Å². The minimum Gasteiger partial charge on any atom is -0.495 e. The van der Waals surface area contributed by atoms with Gasteiger partial charge in [-0.1, -0.05) is 54.6 Å². The van der Waals surface area contributed by atoms with E-state index in [1.165, 1.54) is 0 Å². The molecule has 3 aromatic carbocycles. The number of methoxy groups -OCH3 is 1. The quantitative estimate of drug-likeness (QED) is 0.589. The number of carbonyl (C=O) groups excluding carboxylic acids is 1. The van der Waals surface area contributed by atoms with Gasteiger partial charge in [-0.15, -0.1) is 11.8 Å². The van der Waals surface area contributed by atoms with Crippen LogP contribution in [-0.4, -0.2) is 18.8 Å². The highest BCUT2D eigenvalue weighted by molar-refractivity contribution is 8.00. The number of ether oxygens (including phenoxy) is 2. The molecule has 0 spiro atoms. The molecule has 0 bridgehead atoms. The van der Waals surface area contributed by atoms with Crippen molar-refractivity contribution < 1.29 is 14.3 Å². The Kier molecular flexibility index (Phi) is 5.53. The number of rotatable bonds is 6. The first-order valence-electron chi connectivity index (χ1n) is 9.09. The summed E-state index contributed by atoms with van der Waals surface area (Å²) in [5.74, 6) is 2.05. The van der Waals surface area contributed by atoms with E-state index in [1.54, 1.807) is 18.9 Å². The first kappa shape index (κ1) is 18.4.